The van der Waals surface area contributed by atoms with Crippen LogP contribution in [0.4, 0.5) is 17.1 Å². The van der Waals surface area contributed by atoms with Gasteiger partial charge < -0.3 is 4.90 Å². The minimum atomic E-state index is -1.24. The number of benzene rings is 5. The molecule has 0 amide bonds. The van der Waals surface area contributed by atoms with Gasteiger partial charge in [0.05, 0.1) is 43.4 Å². The summed E-state index contributed by atoms with van der Waals surface area (Å²) in [6, 6.07) is 46.5. The predicted octanol–water partition coefficient (Wildman–Crippen LogP) is 8.43. The summed E-state index contributed by atoms with van der Waals surface area (Å²) >= 11 is 0. The van der Waals surface area contributed by atoms with E-state index in [1.165, 1.54) is 0 Å². The lowest BCUT2D eigenvalue weighted by atomic mass is 10.1. The van der Waals surface area contributed by atoms with Gasteiger partial charge in [-0.3, -0.25) is 0 Å². The molecule has 0 aliphatic carbocycles. The van der Waals surface area contributed by atoms with Gasteiger partial charge in [0, 0.05) is 22.4 Å². The predicted molar refractivity (Wildman–Crippen MR) is 158 cm³/mol. The number of para-hydroxylation sites is 2. The van der Waals surface area contributed by atoms with Gasteiger partial charge in [-0.15, -0.1) is 0 Å². The van der Waals surface area contributed by atoms with Gasteiger partial charge >= 0.3 is 0 Å². The fourth-order valence-corrected chi connectivity index (χ4v) is 6.34. The molecule has 2 heterocycles. The maximum atomic E-state index is 13.4. The second kappa shape index (κ2) is 9.78. The number of aromatic nitrogens is 2. The Bertz CT molecular complexity index is 1730. The van der Waals surface area contributed by atoms with Crippen LogP contribution in [0.2, 0.25) is 0 Å². The molecule has 6 aromatic rings. The van der Waals surface area contributed by atoms with Crippen LogP contribution in [0.5, 0.6) is 0 Å². The molecule has 39 heavy (non-hydrogen) atoms. The van der Waals surface area contributed by atoms with E-state index in [-0.39, 0.29) is 0 Å². The molecule has 0 unspecified atom stereocenters. The molecular formula is C34H23N3OS. The number of nitrogens with zero attached hydrogens (tertiary/aromatic N) is 3. The highest BCUT2D eigenvalue weighted by molar-refractivity contribution is 7.85. The molecule has 4 nitrogen and oxygen atoms in total. The lowest BCUT2D eigenvalue weighted by Gasteiger charge is -2.32. The summed E-state index contributed by atoms with van der Waals surface area (Å²) in [4.78, 5) is 13.7. The van der Waals surface area contributed by atoms with Gasteiger partial charge in [0.15, 0.2) is 5.82 Å². The summed E-state index contributed by atoms with van der Waals surface area (Å²) in [5.41, 5.74) is 7.51. The van der Waals surface area contributed by atoms with Gasteiger partial charge in [-0.05, 0) is 42.5 Å². The number of anilines is 3. The quantitative estimate of drug-likeness (QED) is 0.233. The molecule has 0 bridgehead atoms. The molecule has 0 N–H and O–H groups in total. The number of hydrogen-bond acceptors (Lipinski definition) is 4. The van der Waals surface area contributed by atoms with Gasteiger partial charge in [0.25, 0.3) is 0 Å². The van der Waals surface area contributed by atoms with Crippen LogP contribution < -0.4 is 4.90 Å². The molecule has 0 atom stereocenters. The van der Waals surface area contributed by atoms with Crippen molar-refractivity contribution in [2.45, 2.75) is 9.79 Å². The van der Waals surface area contributed by atoms with Crippen molar-refractivity contribution in [2.75, 3.05) is 4.90 Å². The fraction of sp³-hybridized carbons (Fsp3) is 0. The van der Waals surface area contributed by atoms with E-state index >= 15 is 0 Å². The van der Waals surface area contributed by atoms with Crippen molar-refractivity contribution in [2.24, 2.45) is 0 Å². The van der Waals surface area contributed by atoms with Crippen LogP contribution in [0.15, 0.2) is 149 Å². The van der Waals surface area contributed by atoms with Crippen molar-refractivity contribution < 1.29 is 4.21 Å². The molecule has 1 aliphatic rings. The Morgan fingerprint density at radius 1 is 0.487 bits per heavy atom. The molecule has 0 saturated heterocycles. The average molecular weight is 522 g/mol. The average Bonchev–Trinajstić information content (AvgIpc) is 3.02. The number of rotatable bonds is 4. The number of hydrogen-bond donors (Lipinski definition) is 0. The minimum absolute atomic E-state index is 0.682. The van der Waals surface area contributed by atoms with E-state index in [0.29, 0.717) is 5.82 Å². The van der Waals surface area contributed by atoms with Gasteiger partial charge in [0.2, 0.25) is 0 Å². The van der Waals surface area contributed by atoms with Gasteiger partial charge in [-0.25, -0.2) is 14.2 Å². The Morgan fingerprint density at radius 3 is 1.64 bits per heavy atom. The fourth-order valence-electron chi connectivity index (χ4n) is 5.00. The highest BCUT2D eigenvalue weighted by atomic mass is 32.2. The highest BCUT2D eigenvalue weighted by Gasteiger charge is 2.28. The Labute approximate surface area is 229 Å². The monoisotopic (exact) mass is 521 g/mol. The Morgan fingerprint density at radius 2 is 1.00 bits per heavy atom. The molecule has 1 aliphatic heterocycles. The molecule has 0 radical (unpaired) electrons. The van der Waals surface area contributed by atoms with E-state index in [4.69, 9.17) is 9.97 Å². The van der Waals surface area contributed by atoms with Crippen molar-refractivity contribution >= 4 is 27.9 Å². The van der Waals surface area contributed by atoms with E-state index in [1.807, 2.05) is 109 Å². The van der Waals surface area contributed by atoms with Crippen LogP contribution in [0.1, 0.15) is 0 Å². The van der Waals surface area contributed by atoms with E-state index in [2.05, 4.69) is 35.2 Å². The van der Waals surface area contributed by atoms with Crippen LogP contribution in [-0.2, 0) is 10.8 Å². The third kappa shape index (κ3) is 4.23. The molecule has 7 rings (SSSR count). The summed E-state index contributed by atoms with van der Waals surface area (Å²) in [5.74, 6) is 0.682. The van der Waals surface area contributed by atoms with E-state index < -0.39 is 10.8 Å². The first-order chi connectivity index (χ1) is 19.3. The van der Waals surface area contributed by atoms with Gasteiger partial charge in [-0.2, -0.15) is 0 Å². The van der Waals surface area contributed by atoms with Crippen molar-refractivity contribution in [1.82, 2.24) is 9.97 Å². The maximum absolute atomic E-state index is 13.4. The second-order valence-corrected chi connectivity index (χ2v) is 10.7. The van der Waals surface area contributed by atoms with Crippen LogP contribution in [0.3, 0.4) is 0 Å². The van der Waals surface area contributed by atoms with Crippen LogP contribution in [-0.4, -0.2) is 14.2 Å². The zero-order chi connectivity index (χ0) is 26.2. The number of fused-ring (bicyclic) bond motifs is 2. The summed E-state index contributed by atoms with van der Waals surface area (Å²) in [6.07, 6.45) is 0. The van der Waals surface area contributed by atoms with Crippen LogP contribution in [0.25, 0.3) is 33.9 Å². The molecule has 186 valence electrons. The molecular weight excluding hydrogens is 498 g/mol. The first kappa shape index (κ1) is 23.3. The third-order valence-corrected chi connectivity index (χ3v) is 8.33. The highest BCUT2D eigenvalue weighted by Crippen LogP contribution is 2.46. The minimum Gasteiger partial charge on any atom is -0.308 e. The SMILES string of the molecule is O=S1c2ccccc2N(c2cccc(-c3cc(-c4ccccc4)nc(-c4ccccc4)n3)c2)c2ccccc21. The van der Waals surface area contributed by atoms with Crippen LogP contribution >= 0.6 is 0 Å². The third-order valence-electron chi connectivity index (χ3n) is 6.84. The molecule has 5 heteroatoms. The summed E-state index contributed by atoms with van der Waals surface area (Å²) in [5, 5.41) is 0. The van der Waals surface area contributed by atoms with Crippen molar-refractivity contribution in [3.63, 3.8) is 0 Å². The Hall–Kier alpha value is -4.87. The molecule has 0 fully saturated rings. The zero-order valence-electron chi connectivity index (χ0n) is 20.9. The normalized spacial score (nSPS) is 12.6. The van der Waals surface area contributed by atoms with Crippen molar-refractivity contribution in [3.05, 3.63) is 140 Å². The Balaban J connectivity index is 1.40. The largest absolute Gasteiger partial charge is 0.308 e. The molecule has 1 aromatic heterocycles. The Kier molecular flexibility index (Phi) is 5.83. The summed E-state index contributed by atoms with van der Waals surface area (Å²) in [7, 11) is -1.24. The summed E-state index contributed by atoms with van der Waals surface area (Å²) in [6.45, 7) is 0. The second-order valence-electron chi connectivity index (χ2n) is 9.28. The molecule has 0 saturated carbocycles. The topological polar surface area (TPSA) is 46.1 Å². The van der Waals surface area contributed by atoms with Crippen molar-refractivity contribution in [3.8, 4) is 33.9 Å². The standard InChI is InChI=1S/C34H23N3OS/c38-39-32-20-9-7-18-30(32)37(31-19-8-10-21-33(31)39)27-17-11-16-26(22-27)29-23-28(24-12-3-1-4-13-24)35-34(36-29)25-14-5-2-6-15-25/h1-23H. The van der Waals surface area contributed by atoms with Gasteiger partial charge in [0.1, 0.15) is 0 Å². The first-order valence-electron chi connectivity index (χ1n) is 12.8. The molecule has 5 aromatic carbocycles. The smallest absolute Gasteiger partial charge is 0.160 e. The van der Waals surface area contributed by atoms with Gasteiger partial charge in [-0.1, -0.05) is 97.1 Å². The van der Waals surface area contributed by atoms with Crippen LogP contribution in [0, 0.1) is 0 Å². The molecule has 0 spiro atoms. The lowest BCUT2D eigenvalue weighted by Crippen LogP contribution is -2.19. The van der Waals surface area contributed by atoms with Crippen molar-refractivity contribution in [1.29, 1.82) is 0 Å². The maximum Gasteiger partial charge on any atom is 0.160 e. The zero-order valence-corrected chi connectivity index (χ0v) is 21.8. The van der Waals surface area contributed by atoms with E-state index in [0.717, 1.165) is 54.9 Å². The van der Waals surface area contributed by atoms with E-state index in [1.54, 1.807) is 0 Å². The summed E-state index contributed by atoms with van der Waals surface area (Å²) < 4.78 is 13.4. The van der Waals surface area contributed by atoms with E-state index in [9.17, 15) is 4.21 Å². The first-order valence-corrected chi connectivity index (χ1v) is 13.9. The lowest BCUT2D eigenvalue weighted by molar-refractivity contribution is 0.682.